The maximum atomic E-state index is 12.1. The fourth-order valence-electron chi connectivity index (χ4n) is 2.54. The highest BCUT2D eigenvalue weighted by atomic mass is 16.3. The summed E-state index contributed by atoms with van der Waals surface area (Å²) in [6, 6.07) is 0. The number of rotatable bonds is 6. The fourth-order valence-corrected chi connectivity index (χ4v) is 2.54. The Labute approximate surface area is 133 Å². The molecule has 1 heterocycles. The second-order valence-corrected chi connectivity index (χ2v) is 6.54. The summed E-state index contributed by atoms with van der Waals surface area (Å²) in [7, 11) is 7.30. The normalized spacial score (nSPS) is 22.4. The molecule has 0 aromatic rings. The lowest BCUT2D eigenvalue weighted by molar-refractivity contribution is -0.135. The molecule has 0 bridgehead atoms. The molecule has 1 unspecified atom stereocenters. The van der Waals surface area contributed by atoms with Crippen LogP contribution in [0.3, 0.4) is 0 Å². The van der Waals surface area contributed by atoms with Crippen LogP contribution in [0.4, 0.5) is 0 Å². The summed E-state index contributed by atoms with van der Waals surface area (Å²) in [5, 5.41) is 10.6. The smallest absolute Gasteiger partial charge is 0.246 e. The molecule has 6 nitrogen and oxygen atoms in total. The van der Waals surface area contributed by atoms with Gasteiger partial charge >= 0.3 is 0 Å². The van der Waals surface area contributed by atoms with E-state index in [0.29, 0.717) is 38.9 Å². The molecule has 0 radical (unpaired) electrons. The minimum atomic E-state index is -0.949. The molecule has 126 valence electrons. The number of β-amino-alcohol motifs (C(OH)–C–C–N with tert-alkyl or cyclic N) is 1. The number of hydrogen-bond acceptors (Lipinski definition) is 4. The van der Waals surface area contributed by atoms with Gasteiger partial charge in [-0.05, 0) is 33.4 Å². The van der Waals surface area contributed by atoms with Crippen molar-refractivity contribution in [3.8, 4) is 0 Å². The molecule has 2 amide bonds. The first-order valence-electron chi connectivity index (χ1n) is 7.76. The first kappa shape index (κ1) is 18.6. The van der Waals surface area contributed by atoms with Gasteiger partial charge in [0.1, 0.15) is 0 Å². The summed E-state index contributed by atoms with van der Waals surface area (Å²) in [6.07, 6.45) is 5.50. The average molecular weight is 311 g/mol. The topological polar surface area (TPSA) is 64.1 Å². The van der Waals surface area contributed by atoms with E-state index in [0.717, 1.165) is 6.42 Å². The summed E-state index contributed by atoms with van der Waals surface area (Å²) < 4.78 is 0. The van der Waals surface area contributed by atoms with Crippen molar-refractivity contribution in [2.75, 3.05) is 47.8 Å². The lowest BCUT2D eigenvalue weighted by atomic mass is 9.88. The molecule has 0 aliphatic carbocycles. The molecule has 22 heavy (non-hydrogen) atoms. The number of aliphatic hydroxyl groups is 1. The van der Waals surface area contributed by atoms with Gasteiger partial charge in [0.2, 0.25) is 11.8 Å². The van der Waals surface area contributed by atoms with Crippen molar-refractivity contribution in [2.45, 2.75) is 31.3 Å². The molecule has 0 aromatic carbocycles. The Morgan fingerprint density at radius 2 is 1.95 bits per heavy atom. The SMILES string of the molecule is CN(C)C/C=C/C(=O)N1CCCC(O)(CCC(=O)N(C)C)C1. The summed E-state index contributed by atoms with van der Waals surface area (Å²) in [5.74, 6) is -0.0679. The molecule has 1 rings (SSSR count). The summed E-state index contributed by atoms with van der Waals surface area (Å²) in [6.45, 7) is 1.68. The first-order valence-corrected chi connectivity index (χ1v) is 7.76. The van der Waals surface area contributed by atoms with Gasteiger partial charge in [-0.25, -0.2) is 0 Å². The van der Waals surface area contributed by atoms with Crippen LogP contribution in [0.15, 0.2) is 12.2 Å². The number of likely N-dealkylation sites (tertiary alicyclic amines) is 1. The van der Waals surface area contributed by atoms with Crippen molar-refractivity contribution in [1.82, 2.24) is 14.7 Å². The quantitative estimate of drug-likeness (QED) is 0.718. The molecular formula is C16H29N3O3. The van der Waals surface area contributed by atoms with Crippen LogP contribution in [0.25, 0.3) is 0 Å². The van der Waals surface area contributed by atoms with Gasteiger partial charge in [-0.3, -0.25) is 9.59 Å². The van der Waals surface area contributed by atoms with Crippen LogP contribution in [0.2, 0.25) is 0 Å². The standard InChI is InChI=1S/C16H29N3O3/c1-17(2)11-5-7-15(21)19-12-6-9-16(22,13-19)10-8-14(20)18(3)4/h5,7,22H,6,8-13H2,1-4H3/b7-5+. The van der Waals surface area contributed by atoms with Gasteiger partial charge in [0.05, 0.1) is 5.60 Å². The minimum Gasteiger partial charge on any atom is -0.388 e. The second-order valence-electron chi connectivity index (χ2n) is 6.54. The van der Waals surface area contributed by atoms with E-state index in [1.54, 1.807) is 25.1 Å². The second kappa shape index (κ2) is 8.29. The van der Waals surface area contributed by atoms with Gasteiger partial charge in [0, 0.05) is 46.2 Å². The third kappa shape index (κ3) is 6.15. The minimum absolute atomic E-state index is 0.00255. The number of hydrogen-bond donors (Lipinski definition) is 1. The summed E-state index contributed by atoms with van der Waals surface area (Å²) in [4.78, 5) is 29.0. The molecule has 1 saturated heterocycles. The maximum Gasteiger partial charge on any atom is 0.246 e. The number of amides is 2. The van der Waals surface area contributed by atoms with Crippen molar-refractivity contribution in [3.63, 3.8) is 0 Å². The van der Waals surface area contributed by atoms with Gasteiger partial charge in [0.15, 0.2) is 0 Å². The molecule has 1 atom stereocenters. The van der Waals surface area contributed by atoms with E-state index in [2.05, 4.69) is 0 Å². The Hall–Kier alpha value is -1.40. The Balaban J connectivity index is 2.53. The number of likely N-dealkylation sites (N-methyl/N-ethyl adjacent to an activating group) is 1. The van der Waals surface area contributed by atoms with E-state index in [1.807, 2.05) is 25.1 Å². The molecule has 1 N–H and O–H groups in total. The van der Waals surface area contributed by atoms with Gasteiger partial charge in [-0.1, -0.05) is 6.08 Å². The Bertz CT molecular complexity index is 421. The van der Waals surface area contributed by atoms with E-state index >= 15 is 0 Å². The summed E-state index contributed by atoms with van der Waals surface area (Å²) >= 11 is 0. The fraction of sp³-hybridized carbons (Fsp3) is 0.750. The van der Waals surface area contributed by atoms with Crippen LogP contribution in [0.1, 0.15) is 25.7 Å². The van der Waals surface area contributed by atoms with Crippen molar-refractivity contribution in [2.24, 2.45) is 0 Å². The lowest BCUT2D eigenvalue weighted by Gasteiger charge is -2.39. The zero-order valence-electron chi connectivity index (χ0n) is 14.2. The zero-order valence-corrected chi connectivity index (χ0v) is 14.2. The van der Waals surface area contributed by atoms with Crippen molar-refractivity contribution in [3.05, 3.63) is 12.2 Å². The Kier molecular flexibility index (Phi) is 7.03. The van der Waals surface area contributed by atoms with Crippen LogP contribution in [0.5, 0.6) is 0 Å². The monoisotopic (exact) mass is 311 g/mol. The highest BCUT2D eigenvalue weighted by Gasteiger charge is 2.34. The van der Waals surface area contributed by atoms with Gasteiger partial charge in [0.25, 0.3) is 0 Å². The van der Waals surface area contributed by atoms with Crippen LogP contribution in [-0.4, -0.2) is 85.0 Å². The number of carbonyl (C=O) groups excluding carboxylic acids is 2. The molecule has 0 saturated carbocycles. The van der Waals surface area contributed by atoms with Crippen molar-refractivity contribution < 1.29 is 14.7 Å². The van der Waals surface area contributed by atoms with Crippen molar-refractivity contribution in [1.29, 1.82) is 0 Å². The van der Waals surface area contributed by atoms with Crippen LogP contribution >= 0.6 is 0 Å². The van der Waals surface area contributed by atoms with E-state index in [1.165, 1.54) is 4.90 Å². The largest absolute Gasteiger partial charge is 0.388 e. The lowest BCUT2D eigenvalue weighted by Crippen LogP contribution is -2.50. The molecule has 1 aliphatic heterocycles. The van der Waals surface area contributed by atoms with Crippen LogP contribution in [0, 0.1) is 0 Å². The number of carbonyl (C=O) groups is 2. The molecular weight excluding hydrogens is 282 g/mol. The Morgan fingerprint density at radius 1 is 1.27 bits per heavy atom. The van der Waals surface area contributed by atoms with Gasteiger partial charge < -0.3 is 19.8 Å². The van der Waals surface area contributed by atoms with Crippen LogP contribution < -0.4 is 0 Å². The van der Waals surface area contributed by atoms with E-state index in [-0.39, 0.29) is 11.8 Å². The van der Waals surface area contributed by atoms with Gasteiger partial charge in [-0.15, -0.1) is 0 Å². The molecule has 6 heteroatoms. The van der Waals surface area contributed by atoms with Crippen molar-refractivity contribution >= 4 is 11.8 Å². The van der Waals surface area contributed by atoms with E-state index < -0.39 is 5.60 Å². The molecule has 0 spiro atoms. The van der Waals surface area contributed by atoms with Crippen LogP contribution in [-0.2, 0) is 9.59 Å². The number of nitrogens with zero attached hydrogens (tertiary/aromatic N) is 3. The maximum absolute atomic E-state index is 12.1. The summed E-state index contributed by atoms with van der Waals surface area (Å²) in [5.41, 5.74) is -0.949. The third-order valence-corrected chi connectivity index (χ3v) is 3.90. The first-order chi connectivity index (χ1) is 10.2. The highest BCUT2D eigenvalue weighted by Crippen LogP contribution is 2.26. The predicted octanol–water partition coefficient (Wildman–Crippen LogP) is 0.326. The molecule has 1 fully saturated rings. The highest BCUT2D eigenvalue weighted by molar-refractivity contribution is 5.87. The predicted molar refractivity (Wildman–Crippen MR) is 86.4 cm³/mol. The number of piperidine rings is 1. The third-order valence-electron chi connectivity index (χ3n) is 3.90. The molecule has 0 aromatic heterocycles. The average Bonchev–Trinajstić information content (AvgIpc) is 2.44. The van der Waals surface area contributed by atoms with E-state index in [9.17, 15) is 14.7 Å². The molecule has 1 aliphatic rings. The van der Waals surface area contributed by atoms with Gasteiger partial charge in [-0.2, -0.15) is 0 Å². The Morgan fingerprint density at radius 3 is 2.55 bits per heavy atom. The van der Waals surface area contributed by atoms with E-state index in [4.69, 9.17) is 0 Å². The zero-order chi connectivity index (χ0) is 16.8.